The molecule has 2 aromatic carbocycles. The first-order valence-electron chi connectivity index (χ1n) is 6.45. The van der Waals surface area contributed by atoms with Crippen LogP contribution >= 0.6 is 0 Å². The van der Waals surface area contributed by atoms with Gasteiger partial charge in [0.2, 0.25) is 0 Å². The molecule has 21 heavy (non-hydrogen) atoms. The molecule has 0 amide bonds. The normalized spacial score (nSPS) is 11.2. The first-order valence-corrected chi connectivity index (χ1v) is 7.93. The molecule has 5 nitrogen and oxygen atoms in total. The van der Waals surface area contributed by atoms with Gasteiger partial charge in [0.05, 0.1) is 4.90 Å². The lowest BCUT2D eigenvalue weighted by Gasteiger charge is -2.14. The molecule has 0 bridgehead atoms. The van der Waals surface area contributed by atoms with Gasteiger partial charge < -0.3 is 10.6 Å². The second-order valence-corrected chi connectivity index (χ2v) is 6.81. The smallest absolute Gasteiger partial charge is 0.261 e. The van der Waals surface area contributed by atoms with Gasteiger partial charge in [0, 0.05) is 31.2 Å². The maximum Gasteiger partial charge on any atom is 0.261 e. The highest BCUT2D eigenvalue weighted by Gasteiger charge is 2.15. The summed E-state index contributed by atoms with van der Waals surface area (Å²) in [6.07, 6.45) is 0. The van der Waals surface area contributed by atoms with E-state index in [4.69, 9.17) is 5.73 Å². The van der Waals surface area contributed by atoms with Gasteiger partial charge in [0.1, 0.15) is 0 Å². The van der Waals surface area contributed by atoms with Gasteiger partial charge in [-0.15, -0.1) is 0 Å². The Bertz CT molecular complexity index is 718. The van der Waals surface area contributed by atoms with Gasteiger partial charge in [0.25, 0.3) is 10.0 Å². The highest BCUT2D eigenvalue weighted by molar-refractivity contribution is 7.92. The molecule has 2 rings (SSSR count). The molecular formula is C15H19N3O2S. The van der Waals surface area contributed by atoms with Gasteiger partial charge >= 0.3 is 0 Å². The van der Waals surface area contributed by atoms with Gasteiger partial charge in [-0.25, -0.2) is 8.42 Å². The van der Waals surface area contributed by atoms with Crippen LogP contribution in [0.4, 0.5) is 17.1 Å². The van der Waals surface area contributed by atoms with E-state index in [1.165, 1.54) is 6.07 Å². The molecule has 0 radical (unpaired) electrons. The third kappa shape index (κ3) is 3.66. The highest BCUT2D eigenvalue weighted by atomic mass is 32.2. The van der Waals surface area contributed by atoms with Crippen LogP contribution in [0, 0.1) is 6.92 Å². The summed E-state index contributed by atoms with van der Waals surface area (Å²) in [5, 5.41) is 0. The highest BCUT2D eigenvalue weighted by Crippen LogP contribution is 2.21. The Hall–Kier alpha value is -2.21. The molecule has 0 aliphatic rings. The average molecular weight is 305 g/mol. The number of hydrogen-bond acceptors (Lipinski definition) is 4. The summed E-state index contributed by atoms with van der Waals surface area (Å²) >= 11 is 0. The number of benzene rings is 2. The zero-order valence-corrected chi connectivity index (χ0v) is 13.1. The maximum absolute atomic E-state index is 12.3. The van der Waals surface area contributed by atoms with Gasteiger partial charge in [-0.1, -0.05) is 0 Å². The molecule has 0 fully saturated rings. The van der Waals surface area contributed by atoms with E-state index in [0.717, 1.165) is 11.3 Å². The van der Waals surface area contributed by atoms with Crippen LogP contribution in [-0.4, -0.2) is 22.5 Å². The molecule has 0 spiro atoms. The monoisotopic (exact) mass is 305 g/mol. The largest absolute Gasteiger partial charge is 0.399 e. The van der Waals surface area contributed by atoms with Crippen LogP contribution in [0.5, 0.6) is 0 Å². The van der Waals surface area contributed by atoms with Crippen molar-refractivity contribution in [3.8, 4) is 0 Å². The summed E-state index contributed by atoms with van der Waals surface area (Å²) in [5.74, 6) is 0. The van der Waals surface area contributed by atoms with Crippen molar-refractivity contribution in [1.29, 1.82) is 0 Å². The first kappa shape index (κ1) is 15.2. The molecule has 0 aliphatic carbocycles. The van der Waals surface area contributed by atoms with E-state index in [9.17, 15) is 8.42 Å². The van der Waals surface area contributed by atoms with Crippen LogP contribution < -0.4 is 15.4 Å². The quantitative estimate of drug-likeness (QED) is 0.851. The molecule has 0 heterocycles. The molecule has 6 heteroatoms. The van der Waals surface area contributed by atoms with Crippen molar-refractivity contribution >= 4 is 27.1 Å². The predicted molar refractivity (Wildman–Crippen MR) is 87.2 cm³/mol. The second-order valence-electron chi connectivity index (χ2n) is 5.13. The lowest BCUT2D eigenvalue weighted by atomic mass is 10.2. The van der Waals surface area contributed by atoms with E-state index in [1.54, 1.807) is 31.2 Å². The fourth-order valence-corrected chi connectivity index (χ4v) is 3.17. The Morgan fingerprint density at radius 1 is 1.05 bits per heavy atom. The summed E-state index contributed by atoms with van der Waals surface area (Å²) in [4.78, 5) is 2.11. The zero-order valence-electron chi connectivity index (χ0n) is 12.3. The molecule has 0 saturated carbocycles. The Morgan fingerprint density at radius 3 is 2.19 bits per heavy atom. The zero-order chi connectivity index (χ0) is 15.6. The molecule has 0 unspecified atom stereocenters. The summed E-state index contributed by atoms with van der Waals surface area (Å²) in [6.45, 7) is 1.81. The fraction of sp³-hybridized carbons (Fsp3) is 0.200. The second kappa shape index (κ2) is 5.65. The number of nitrogens with zero attached hydrogens (tertiary/aromatic N) is 1. The molecule has 0 saturated heterocycles. The Kier molecular flexibility index (Phi) is 4.09. The van der Waals surface area contributed by atoms with Crippen molar-refractivity contribution in [1.82, 2.24) is 0 Å². The lowest BCUT2D eigenvalue weighted by molar-refractivity contribution is 0.601. The summed E-state index contributed by atoms with van der Waals surface area (Å²) in [7, 11) is 0.216. The van der Waals surface area contributed by atoms with Crippen molar-refractivity contribution in [3.63, 3.8) is 0 Å². The third-order valence-corrected chi connectivity index (χ3v) is 4.38. The van der Waals surface area contributed by atoms with Crippen molar-refractivity contribution in [2.24, 2.45) is 0 Å². The number of anilines is 3. The van der Waals surface area contributed by atoms with E-state index in [2.05, 4.69) is 4.72 Å². The Balaban J connectivity index is 2.28. The lowest BCUT2D eigenvalue weighted by Crippen LogP contribution is -2.14. The topological polar surface area (TPSA) is 75.4 Å². The van der Waals surface area contributed by atoms with Crippen molar-refractivity contribution < 1.29 is 8.42 Å². The molecule has 0 aromatic heterocycles. The minimum absolute atomic E-state index is 0.164. The number of sulfonamides is 1. The molecule has 0 atom stereocenters. The van der Waals surface area contributed by atoms with Gasteiger partial charge in [-0.05, 0) is 55.0 Å². The minimum atomic E-state index is -3.64. The number of hydrogen-bond donors (Lipinski definition) is 2. The summed E-state index contributed by atoms with van der Waals surface area (Å²) in [6, 6.07) is 11.9. The van der Waals surface area contributed by atoms with E-state index in [-0.39, 0.29) is 4.90 Å². The number of nitrogens with two attached hydrogens (primary N) is 1. The Labute approximate surface area is 125 Å². The minimum Gasteiger partial charge on any atom is -0.399 e. The average Bonchev–Trinajstić information content (AvgIpc) is 2.37. The molecule has 2 aromatic rings. The Morgan fingerprint density at radius 2 is 1.67 bits per heavy atom. The molecule has 3 N–H and O–H groups in total. The fourth-order valence-electron chi connectivity index (χ4n) is 1.97. The standard InChI is InChI=1S/C15H19N3O2S/c1-11-8-12(16)10-15(9-11)21(19,20)17-13-4-6-14(7-5-13)18(2)3/h4-10,17H,16H2,1-3H3. The first-order chi connectivity index (χ1) is 9.78. The van der Waals surface area contributed by atoms with Crippen molar-refractivity contribution in [3.05, 3.63) is 48.0 Å². The van der Waals surface area contributed by atoms with Crippen LogP contribution in [0.2, 0.25) is 0 Å². The molecular weight excluding hydrogens is 286 g/mol. The van der Waals surface area contributed by atoms with Crippen molar-refractivity contribution in [2.75, 3.05) is 29.5 Å². The van der Waals surface area contributed by atoms with Gasteiger partial charge in [-0.3, -0.25) is 4.72 Å². The van der Waals surface area contributed by atoms with Crippen LogP contribution in [-0.2, 0) is 10.0 Å². The SMILES string of the molecule is Cc1cc(N)cc(S(=O)(=O)Nc2ccc(N(C)C)cc2)c1. The van der Waals surface area contributed by atoms with Crippen LogP contribution in [0.15, 0.2) is 47.4 Å². The predicted octanol–water partition coefficient (Wildman–Crippen LogP) is 2.44. The summed E-state index contributed by atoms with van der Waals surface area (Å²) in [5.41, 5.74) is 8.45. The van der Waals surface area contributed by atoms with E-state index in [1.807, 2.05) is 31.1 Å². The number of aryl methyl sites for hydroxylation is 1. The van der Waals surface area contributed by atoms with E-state index >= 15 is 0 Å². The van der Waals surface area contributed by atoms with Gasteiger partial charge in [0.15, 0.2) is 0 Å². The van der Waals surface area contributed by atoms with Crippen molar-refractivity contribution in [2.45, 2.75) is 11.8 Å². The summed E-state index contributed by atoms with van der Waals surface area (Å²) < 4.78 is 27.2. The third-order valence-electron chi connectivity index (χ3n) is 3.02. The van der Waals surface area contributed by atoms with Crippen LogP contribution in [0.25, 0.3) is 0 Å². The number of nitrogens with one attached hydrogen (secondary N) is 1. The van der Waals surface area contributed by atoms with Crippen LogP contribution in [0.1, 0.15) is 5.56 Å². The van der Waals surface area contributed by atoms with E-state index in [0.29, 0.717) is 11.4 Å². The van der Waals surface area contributed by atoms with Gasteiger partial charge in [-0.2, -0.15) is 0 Å². The number of rotatable bonds is 4. The number of nitrogen functional groups attached to an aromatic ring is 1. The van der Waals surface area contributed by atoms with Crippen LogP contribution in [0.3, 0.4) is 0 Å². The van der Waals surface area contributed by atoms with E-state index < -0.39 is 10.0 Å². The maximum atomic E-state index is 12.3. The molecule has 112 valence electrons. The molecule has 0 aliphatic heterocycles.